The molecule has 1 aliphatic heterocycles. The van der Waals surface area contributed by atoms with Crippen LogP contribution < -0.4 is 10.6 Å². The molecule has 154 valence electrons. The van der Waals surface area contributed by atoms with E-state index in [0.29, 0.717) is 17.3 Å². The van der Waals surface area contributed by atoms with E-state index in [0.717, 1.165) is 48.6 Å². The first-order chi connectivity index (χ1) is 14.6. The number of hydrogen-bond donors (Lipinski definition) is 1. The molecule has 0 bridgehead atoms. The van der Waals surface area contributed by atoms with Gasteiger partial charge in [0, 0.05) is 55.1 Å². The molecule has 0 atom stereocenters. The molecular weight excluding hydrogens is 401 g/mol. The van der Waals surface area contributed by atoms with Gasteiger partial charge in [0.15, 0.2) is 5.65 Å². The van der Waals surface area contributed by atoms with Crippen molar-refractivity contribution in [1.82, 2.24) is 24.6 Å². The summed E-state index contributed by atoms with van der Waals surface area (Å²) in [7, 11) is 1.85. The van der Waals surface area contributed by atoms with Crippen molar-refractivity contribution in [2.45, 2.75) is 6.54 Å². The van der Waals surface area contributed by atoms with Crippen LogP contribution in [0, 0.1) is 5.82 Å². The number of aryl methyl sites for hydroxylation is 1. The van der Waals surface area contributed by atoms with E-state index >= 15 is 0 Å². The van der Waals surface area contributed by atoms with E-state index in [4.69, 9.17) is 5.73 Å². The normalized spacial score (nSPS) is 15.2. The molecule has 3 aromatic heterocycles. The molecule has 2 N–H and O–H groups in total. The van der Waals surface area contributed by atoms with Crippen molar-refractivity contribution in [3.63, 3.8) is 0 Å². The van der Waals surface area contributed by atoms with Gasteiger partial charge in [-0.05, 0) is 18.2 Å². The highest BCUT2D eigenvalue weighted by atomic mass is 32.1. The Hall–Kier alpha value is -3.04. The highest BCUT2D eigenvalue weighted by molar-refractivity contribution is 7.15. The maximum Gasteiger partial charge on any atom is 0.229 e. The first-order valence-electron chi connectivity index (χ1n) is 9.84. The first kappa shape index (κ1) is 19.0. The van der Waals surface area contributed by atoms with E-state index < -0.39 is 0 Å². The lowest BCUT2D eigenvalue weighted by Crippen LogP contribution is -2.46. The number of nitrogens with two attached hydrogens (primary N) is 1. The molecule has 4 aromatic rings. The van der Waals surface area contributed by atoms with Crippen LogP contribution in [-0.2, 0) is 13.6 Å². The van der Waals surface area contributed by atoms with E-state index in [1.54, 1.807) is 28.3 Å². The molecule has 0 radical (unpaired) electrons. The standard InChI is InChI=1S/C21H22FN7S/c1-27-20-16(12-24-27)19(23)25-21(26-20)29-10-8-28(9-11-29)13-14-6-7-18(30-14)15-4-2-3-5-17(15)22/h2-7,12H,8-11,13H2,1H3,(H2,23,25,26). The van der Waals surface area contributed by atoms with E-state index in [9.17, 15) is 4.39 Å². The van der Waals surface area contributed by atoms with Crippen molar-refractivity contribution in [3.05, 3.63) is 53.3 Å². The van der Waals surface area contributed by atoms with Crippen molar-refractivity contribution in [1.29, 1.82) is 0 Å². The van der Waals surface area contributed by atoms with Crippen molar-refractivity contribution < 1.29 is 4.39 Å². The fourth-order valence-electron chi connectivity index (χ4n) is 3.77. The topological polar surface area (TPSA) is 76.1 Å². The molecule has 0 spiro atoms. The Morgan fingerprint density at radius 2 is 1.87 bits per heavy atom. The second kappa shape index (κ2) is 7.66. The molecule has 0 aliphatic carbocycles. The monoisotopic (exact) mass is 423 g/mol. The summed E-state index contributed by atoms with van der Waals surface area (Å²) in [5.41, 5.74) is 7.52. The lowest BCUT2D eigenvalue weighted by atomic mass is 10.2. The molecule has 5 rings (SSSR count). The number of anilines is 2. The summed E-state index contributed by atoms with van der Waals surface area (Å²) >= 11 is 1.65. The van der Waals surface area contributed by atoms with Crippen LogP contribution in [0.3, 0.4) is 0 Å². The lowest BCUT2D eigenvalue weighted by molar-refractivity contribution is 0.251. The molecule has 9 heteroatoms. The third-order valence-corrected chi connectivity index (χ3v) is 6.55. The molecule has 4 heterocycles. The van der Waals surface area contributed by atoms with Crippen LogP contribution in [0.15, 0.2) is 42.6 Å². The Kier molecular flexibility index (Phi) is 4.84. The van der Waals surface area contributed by atoms with Crippen LogP contribution in [0.2, 0.25) is 0 Å². The molecule has 1 saturated heterocycles. The van der Waals surface area contributed by atoms with E-state index in [2.05, 4.69) is 30.9 Å². The molecule has 0 saturated carbocycles. The van der Waals surface area contributed by atoms with Crippen molar-refractivity contribution >= 4 is 34.1 Å². The van der Waals surface area contributed by atoms with Crippen molar-refractivity contribution in [3.8, 4) is 10.4 Å². The smallest absolute Gasteiger partial charge is 0.229 e. The van der Waals surface area contributed by atoms with Gasteiger partial charge >= 0.3 is 0 Å². The Labute approximate surface area is 177 Å². The van der Waals surface area contributed by atoms with Crippen LogP contribution in [0.25, 0.3) is 21.5 Å². The second-order valence-corrected chi connectivity index (χ2v) is 8.59. The van der Waals surface area contributed by atoms with Gasteiger partial charge in [-0.2, -0.15) is 15.1 Å². The van der Waals surface area contributed by atoms with Gasteiger partial charge in [0.1, 0.15) is 11.6 Å². The second-order valence-electron chi connectivity index (χ2n) is 7.42. The third kappa shape index (κ3) is 3.50. The van der Waals surface area contributed by atoms with Gasteiger partial charge in [-0.15, -0.1) is 11.3 Å². The van der Waals surface area contributed by atoms with Crippen LogP contribution in [0.5, 0.6) is 0 Å². The van der Waals surface area contributed by atoms with Crippen LogP contribution in [-0.4, -0.2) is 50.8 Å². The summed E-state index contributed by atoms with van der Waals surface area (Å²) in [5, 5.41) is 5.00. The number of nitrogens with zero attached hydrogens (tertiary/aromatic N) is 6. The molecule has 0 unspecified atom stereocenters. The number of thiophene rings is 1. The Morgan fingerprint density at radius 1 is 1.07 bits per heavy atom. The average molecular weight is 424 g/mol. The van der Waals surface area contributed by atoms with Gasteiger partial charge in [0.2, 0.25) is 5.95 Å². The minimum absolute atomic E-state index is 0.177. The van der Waals surface area contributed by atoms with Crippen molar-refractivity contribution in [2.24, 2.45) is 7.05 Å². The van der Waals surface area contributed by atoms with Gasteiger partial charge in [0.05, 0.1) is 11.6 Å². The third-order valence-electron chi connectivity index (χ3n) is 5.45. The van der Waals surface area contributed by atoms with Gasteiger partial charge in [-0.1, -0.05) is 18.2 Å². The maximum atomic E-state index is 14.0. The van der Waals surface area contributed by atoms with Gasteiger partial charge in [0.25, 0.3) is 0 Å². The fraction of sp³-hybridized carbons (Fsp3) is 0.286. The van der Waals surface area contributed by atoms with E-state index in [1.165, 1.54) is 10.9 Å². The highest BCUT2D eigenvalue weighted by Gasteiger charge is 2.21. The van der Waals surface area contributed by atoms with Crippen LogP contribution in [0.1, 0.15) is 4.88 Å². The summed E-state index contributed by atoms with van der Waals surface area (Å²) in [4.78, 5) is 15.9. The summed E-state index contributed by atoms with van der Waals surface area (Å²) in [6.45, 7) is 4.32. The Bertz CT molecular complexity index is 1190. The predicted molar refractivity (Wildman–Crippen MR) is 118 cm³/mol. The first-order valence-corrected chi connectivity index (χ1v) is 10.7. The highest BCUT2D eigenvalue weighted by Crippen LogP contribution is 2.31. The largest absolute Gasteiger partial charge is 0.383 e. The molecule has 7 nitrogen and oxygen atoms in total. The molecule has 1 fully saturated rings. The quantitative estimate of drug-likeness (QED) is 0.544. The summed E-state index contributed by atoms with van der Waals surface area (Å²) in [5.74, 6) is 0.940. The van der Waals surface area contributed by atoms with E-state index in [1.807, 2.05) is 25.2 Å². The summed E-state index contributed by atoms with van der Waals surface area (Å²) in [6.07, 6.45) is 1.70. The zero-order valence-electron chi connectivity index (χ0n) is 16.6. The molecule has 1 aromatic carbocycles. The zero-order chi connectivity index (χ0) is 20.7. The SMILES string of the molecule is Cn1ncc2c(N)nc(N3CCN(Cc4ccc(-c5ccccc5F)s4)CC3)nc21. The number of hydrogen-bond acceptors (Lipinski definition) is 7. The zero-order valence-corrected chi connectivity index (χ0v) is 17.4. The maximum absolute atomic E-state index is 14.0. The number of benzene rings is 1. The predicted octanol–water partition coefficient (Wildman–Crippen LogP) is 3.14. The van der Waals surface area contributed by atoms with Crippen LogP contribution in [0.4, 0.5) is 16.2 Å². The number of piperazine rings is 1. The van der Waals surface area contributed by atoms with Crippen molar-refractivity contribution in [2.75, 3.05) is 36.8 Å². The number of halogens is 1. The van der Waals surface area contributed by atoms with Gasteiger partial charge < -0.3 is 10.6 Å². The average Bonchev–Trinajstić information content (AvgIpc) is 3.36. The Morgan fingerprint density at radius 3 is 2.67 bits per heavy atom. The molecule has 1 aliphatic rings. The minimum Gasteiger partial charge on any atom is -0.383 e. The lowest BCUT2D eigenvalue weighted by Gasteiger charge is -2.34. The fourth-order valence-corrected chi connectivity index (χ4v) is 4.85. The van der Waals surface area contributed by atoms with Gasteiger partial charge in [-0.25, -0.2) is 4.39 Å². The number of rotatable bonds is 4. The number of aromatic nitrogens is 4. The molecule has 30 heavy (non-hydrogen) atoms. The van der Waals surface area contributed by atoms with Crippen LogP contribution >= 0.6 is 11.3 Å². The summed E-state index contributed by atoms with van der Waals surface area (Å²) in [6, 6.07) is 11.0. The minimum atomic E-state index is -0.177. The van der Waals surface area contributed by atoms with Gasteiger partial charge in [-0.3, -0.25) is 9.58 Å². The molecule has 0 amide bonds. The number of nitrogen functional groups attached to an aromatic ring is 1. The number of fused-ring (bicyclic) bond motifs is 1. The molecular formula is C21H22FN7S. The Balaban J connectivity index is 1.25. The van der Waals surface area contributed by atoms with E-state index in [-0.39, 0.29) is 5.82 Å². The summed E-state index contributed by atoms with van der Waals surface area (Å²) < 4.78 is 15.8.